The Labute approximate surface area is 359 Å². The Morgan fingerprint density at radius 2 is 0.714 bits per heavy atom. The minimum absolute atomic E-state index is 0.0461. The van der Waals surface area contributed by atoms with Gasteiger partial charge in [0.2, 0.25) is 0 Å². The number of urea groups is 1. The summed E-state index contributed by atoms with van der Waals surface area (Å²) in [6, 6.07) is 7.15. The SMILES string of the molecule is CCCCCCCCCCCCCCCCSC1=C(SCCCCCCCCCCCCCCCC)SC(=c2ccc(=C3C(=O)N(C)C(=O)N(C)C3=O)cc2)S1. The molecule has 4 amide bonds. The minimum atomic E-state index is -0.598. The summed E-state index contributed by atoms with van der Waals surface area (Å²) in [5, 5.41) is 1.66. The van der Waals surface area contributed by atoms with Crippen molar-refractivity contribution in [2.24, 2.45) is 0 Å². The van der Waals surface area contributed by atoms with Crippen molar-refractivity contribution in [1.82, 2.24) is 9.80 Å². The quantitative estimate of drug-likeness (QED) is 0.0670. The minimum Gasteiger partial charge on any atom is -0.268 e. The van der Waals surface area contributed by atoms with Crippen LogP contribution >= 0.6 is 47.0 Å². The molecule has 2 heterocycles. The molecule has 0 aliphatic carbocycles. The summed E-state index contributed by atoms with van der Waals surface area (Å²) in [5.41, 5.74) is 0.0461. The maximum atomic E-state index is 12.9. The van der Waals surface area contributed by atoms with Crippen LogP contribution < -0.4 is 10.4 Å². The lowest BCUT2D eigenvalue weighted by Crippen LogP contribution is -2.53. The molecule has 0 aromatic heterocycles. The highest BCUT2D eigenvalue weighted by atomic mass is 32.3. The van der Waals surface area contributed by atoms with Gasteiger partial charge in [-0.05, 0) is 34.8 Å². The Kier molecular flexibility index (Phi) is 26.9. The number of benzene rings is 1. The molecular formula is C47H76N2O3S4. The van der Waals surface area contributed by atoms with Gasteiger partial charge in [0.25, 0.3) is 11.8 Å². The van der Waals surface area contributed by atoms with Gasteiger partial charge in [-0.2, -0.15) is 0 Å². The second-order valence-corrected chi connectivity index (χ2v) is 20.9. The molecule has 0 spiro atoms. The largest absolute Gasteiger partial charge is 0.333 e. The zero-order valence-corrected chi connectivity index (χ0v) is 39.0. The van der Waals surface area contributed by atoms with Crippen LogP contribution in [0.5, 0.6) is 0 Å². The summed E-state index contributed by atoms with van der Waals surface area (Å²) in [7, 11) is 2.84. The van der Waals surface area contributed by atoms with Gasteiger partial charge in [-0.25, -0.2) is 4.79 Å². The average molecular weight is 845 g/mol. The van der Waals surface area contributed by atoms with E-state index in [1.165, 1.54) is 218 Å². The molecule has 0 unspecified atom stereocenters. The van der Waals surface area contributed by atoms with Gasteiger partial charge >= 0.3 is 6.03 Å². The lowest BCUT2D eigenvalue weighted by atomic mass is 10.0. The number of hydrogen-bond donors (Lipinski definition) is 0. The highest BCUT2D eigenvalue weighted by molar-refractivity contribution is 8.45. The van der Waals surface area contributed by atoms with Gasteiger partial charge < -0.3 is 0 Å². The number of hydrogen-bond acceptors (Lipinski definition) is 7. The fourth-order valence-corrected chi connectivity index (χ4v) is 13.3. The Bertz CT molecular complexity index is 1360. The number of rotatable bonds is 32. The van der Waals surface area contributed by atoms with E-state index in [-0.39, 0.29) is 5.57 Å². The van der Waals surface area contributed by atoms with Gasteiger partial charge in [0.15, 0.2) is 0 Å². The van der Waals surface area contributed by atoms with E-state index in [4.69, 9.17) is 0 Å². The zero-order valence-electron chi connectivity index (χ0n) is 35.8. The predicted molar refractivity (Wildman–Crippen MR) is 251 cm³/mol. The van der Waals surface area contributed by atoms with Crippen molar-refractivity contribution in [3.63, 3.8) is 0 Å². The van der Waals surface area contributed by atoms with Crippen molar-refractivity contribution in [1.29, 1.82) is 0 Å². The molecule has 0 radical (unpaired) electrons. The van der Waals surface area contributed by atoms with Crippen molar-refractivity contribution in [2.75, 3.05) is 25.6 Å². The fourth-order valence-electron chi connectivity index (χ4n) is 7.34. The van der Waals surface area contributed by atoms with Crippen LogP contribution in [-0.4, -0.2) is 53.2 Å². The van der Waals surface area contributed by atoms with Crippen LogP contribution in [0.2, 0.25) is 0 Å². The smallest absolute Gasteiger partial charge is 0.268 e. The molecule has 1 aromatic carbocycles. The molecule has 5 nitrogen and oxygen atoms in total. The van der Waals surface area contributed by atoms with Crippen molar-refractivity contribution in [2.45, 2.75) is 194 Å². The van der Waals surface area contributed by atoms with Gasteiger partial charge in [-0.1, -0.05) is 229 Å². The van der Waals surface area contributed by atoms with Gasteiger partial charge in [0.1, 0.15) is 5.57 Å². The Hall–Kier alpha value is -1.29. The normalized spacial score (nSPS) is 15.0. The van der Waals surface area contributed by atoms with Crippen molar-refractivity contribution in [3.05, 3.63) is 43.2 Å². The van der Waals surface area contributed by atoms with Crippen molar-refractivity contribution < 1.29 is 14.4 Å². The number of thioether (sulfide) groups is 4. The van der Waals surface area contributed by atoms with Crippen molar-refractivity contribution in [3.8, 4) is 0 Å². The van der Waals surface area contributed by atoms with E-state index in [1.54, 1.807) is 0 Å². The van der Waals surface area contributed by atoms with E-state index in [9.17, 15) is 14.4 Å². The molecule has 3 rings (SSSR count). The molecule has 56 heavy (non-hydrogen) atoms. The molecule has 1 saturated heterocycles. The standard InChI is InChI=1S/C47H76N2O3S4/c1-5-7-9-11-13-15-17-19-21-23-25-27-29-31-37-53-45-46(54-38-32-30-28-26-24-22-20-18-16-14-12-10-8-6-2)56-44(55-45)40-35-33-39(34-36-40)41-42(50)48(3)47(52)49(4)43(41)51/h33-36H,5-32,37-38H2,1-4H3. The monoisotopic (exact) mass is 844 g/mol. The number of carbonyl (C=O) groups excluding carboxylic acids is 3. The summed E-state index contributed by atoms with van der Waals surface area (Å²) >= 11 is 7.84. The van der Waals surface area contributed by atoms with E-state index < -0.39 is 17.8 Å². The number of barbiturate groups is 1. The predicted octanol–water partition coefficient (Wildman–Crippen LogP) is 14.0. The maximum absolute atomic E-state index is 12.9. The van der Waals surface area contributed by atoms with Gasteiger partial charge in [-0.3, -0.25) is 19.4 Å². The van der Waals surface area contributed by atoms with Crippen LogP contribution in [0.15, 0.2) is 32.7 Å². The highest BCUT2D eigenvalue weighted by Crippen LogP contribution is 2.58. The second-order valence-electron chi connectivity index (χ2n) is 15.9. The summed E-state index contributed by atoms with van der Waals surface area (Å²) < 4.78 is 4.14. The highest BCUT2D eigenvalue weighted by Gasteiger charge is 2.38. The third kappa shape index (κ3) is 18.7. The van der Waals surface area contributed by atoms with Gasteiger partial charge in [-0.15, -0.1) is 23.5 Å². The molecule has 9 heteroatoms. The van der Waals surface area contributed by atoms with Crippen molar-refractivity contribution >= 4 is 74.7 Å². The average Bonchev–Trinajstić information content (AvgIpc) is 3.62. The maximum Gasteiger partial charge on any atom is 0.333 e. The second kappa shape index (κ2) is 30.7. The number of nitrogens with zero attached hydrogens (tertiary/aromatic N) is 2. The number of carbonyl (C=O) groups is 3. The first-order valence-corrected chi connectivity index (χ1v) is 26.3. The molecule has 0 saturated carbocycles. The van der Waals surface area contributed by atoms with Crippen LogP contribution in [0.4, 0.5) is 4.79 Å². The molecule has 1 fully saturated rings. The zero-order chi connectivity index (χ0) is 40.2. The van der Waals surface area contributed by atoms with Crippen LogP contribution in [0.3, 0.4) is 0 Å². The lowest BCUT2D eigenvalue weighted by Gasteiger charge is -2.28. The van der Waals surface area contributed by atoms with E-state index in [2.05, 4.69) is 13.8 Å². The molecule has 0 N–H and O–H groups in total. The molecule has 2 aliphatic rings. The van der Waals surface area contributed by atoms with E-state index in [0.717, 1.165) is 15.0 Å². The first-order chi connectivity index (χ1) is 27.4. The van der Waals surface area contributed by atoms with E-state index in [0.29, 0.717) is 5.22 Å². The lowest BCUT2D eigenvalue weighted by molar-refractivity contribution is -0.130. The van der Waals surface area contributed by atoms with Crippen LogP contribution in [0.1, 0.15) is 194 Å². The summed E-state index contributed by atoms with van der Waals surface area (Å²) in [4.78, 5) is 40.0. The molecule has 1 aromatic rings. The van der Waals surface area contributed by atoms with E-state index in [1.807, 2.05) is 71.3 Å². The summed E-state index contributed by atoms with van der Waals surface area (Å²) in [5.74, 6) is 1.24. The first-order valence-electron chi connectivity index (χ1n) is 22.7. The Balaban J connectivity index is 1.44. The van der Waals surface area contributed by atoms with Crippen LogP contribution in [0, 0.1) is 0 Å². The van der Waals surface area contributed by atoms with Gasteiger partial charge in [0.05, 0.1) is 12.7 Å². The third-order valence-corrected chi connectivity index (χ3v) is 16.8. The Morgan fingerprint density at radius 3 is 1.04 bits per heavy atom. The third-order valence-electron chi connectivity index (χ3n) is 11.0. The molecular weight excluding hydrogens is 769 g/mol. The van der Waals surface area contributed by atoms with Crippen LogP contribution in [-0.2, 0) is 9.59 Å². The molecule has 0 atom stereocenters. The molecule has 0 bridgehead atoms. The molecule has 2 aliphatic heterocycles. The number of imide groups is 2. The van der Waals surface area contributed by atoms with Crippen LogP contribution in [0.25, 0.3) is 9.81 Å². The molecule has 316 valence electrons. The number of unbranched alkanes of at least 4 members (excludes halogenated alkanes) is 26. The topological polar surface area (TPSA) is 57.7 Å². The van der Waals surface area contributed by atoms with E-state index >= 15 is 0 Å². The Morgan fingerprint density at radius 1 is 0.429 bits per heavy atom. The number of amides is 4. The van der Waals surface area contributed by atoms with Gasteiger partial charge in [0, 0.05) is 14.1 Å². The summed E-state index contributed by atoms with van der Waals surface area (Å²) in [6.07, 6.45) is 38.8. The first kappa shape index (κ1) is 49.1. The summed E-state index contributed by atoms with van der Waals surface area (Å²) in [6.45, 7) is 4.58. The fraction of sp³-hybridized carbons (Fsp3) is 0.723.